The zero-order valence-electron chi connectivity index (χ0n) is 11.8. The first-order valence-corrected chi connectivity index (χ1v) is 7.03. The second kappa shape index (κ2) is 4.56. The normalized spacial score (nSPS) is 16.9. The van der Waals surface area contributed by atoms with E-state index in [1.807, 2.05) is 18.2 Å². The summed E-state index contributed by atoms with van der Waals surface area (Å²) >= 11 is 0. The molecule has 7 heteroatoms. The van der Waals surface area contributed by atoms with Crippen LogP contribution in [0.3, 0.4) is 0 Å². The summed E-state index contributed by atoms with van der Waals surface area (Å²) < 4.78 is 1.71. The Morgan fingerprint density at radius 1 is 1.14 bits per heavy atom. The van der Waals surface area contributed by atoms with Crippen molar-refractivity contribution in [3.63, 3.8) is 0 Å². The van der Waals surface area contributed by atoms with Crippen LogP contribution in [-0.4, -0.2) is 52.8 Å². The van der Waals surface area contributed by atoms with E-state index in [1.54, 1.807) is 16.8 Å². The van der Waals surface area contributed by atoms with E-state index < -0.39 is 0 Å². The van der Waals surface area contributed by atoms with Gasteiger partial charge in [0.05, 0.1) is 6.20 Å². The number of benzene rings is 1. The van der Waals surface area contributed by atoms with Gasteiger partial charge in [0, 0.05) is 49.1 Å². The standard InChI is InChI=1S/C14H16N6O/c1-17-6-8-18(9-7-17)11-2-3-12-13(10-11)19-14(4-5-15-19)16-20(12)21/h2-5,10H,6-9H2,1H3. The number of hydrogen-bond acceptors (Lipinski definition) is 5. The molecule has 0 bridgehead atoms. The average molecular weight is 284 g/mol. The summed E-state index contributed by atoms with van der Waals surface area (Å²) in [6, 6.07) is 7.57. The number of likely N-dealkylation sites (N-methyl/N-ethyl adjacent to an activating group) is 1. The summed E-state index contributed by atoms with van der Waals surface area (Å²) in [6.45, 7) is 4.08. The van der Waals surface area contributed by atoms with E-state index in [1.165, 1.54) is 0 Å². The van der Waals surface area contributed by atoms with Gasteiger partial charge in [0.25, 0.3) is 5.52 Å². The number of fused-ring (bicyclic) bond motifs is 3. The van der Waals surface area contributed by atoms with Crippen LogP contribution in [0, 0.1) is 5.21 Å². The Morgan fingerprint density at radius 3 is 2.76 bits per heavy atom. The molecule has 3 heterocycles. The van der Waals surface area contributed by atoms with Gasteiger partial charge in [0.15, 0.2) is 0 Å². The van der Waals surface area contributed by atoms with Crippen molar-refractivity contribution in [1.29, 1.82) is 0 Å². The third kappa shape index (κ3) is 1.97. The average Bonchev–Trinajstić information content (AvgIpc) is 2.96. The Bertz CT molecular complexity index is 806. The molecule has 1 aromatic carbocycles. The highest BCUT2D eigenvalue weighted by Gasteiger charge is 2.17. The summed E-state index contributed by atoms with van der Waals surface area (Å²) in [5, 5.41) is 20.2. The molecule has 1 aliphatic heterocycles. The minimum Gasteiger partial charge on any atom is -0.594 e. The quantitative estimate of drug-likeness (QED) is 0.474. The molecule has 21 heavy (non-hydrogen) atoms. The minimum atomic E-state index is 0.532. The fourth-order valence-electron chi connectivity index (χ4n) is 2.81. The van der Waals surface area contributed by atoms with E-state index >= 15 is 0 Å². The van der Waals surface area contributed by atoms with Gasteiger partial charge in [-0.3, -0.25) is 0 Å². The van der Waals surface area contributed by atoms with E-state index in [9.17, 15) is 5.21 Å². The molecule has 0 radical (unpaired) electrons. The van der Waals surface area contributed by atoms with Gasteiger partial charge < -0.3 is 15.0 Å². The highest BCUT2D eigenvalue weighted by molar-refractivity contribution is 5.78. The van der Waals surface area contributed by atoms with Crippen molar-refractivity contribution in [3.8, 4) is 0 Å². The first-order valence-electron chi connectivity index (χ1n) is 7.03. The molecule has 0 saturated carbocycles. The zero-order chi connectivity index (χ0) is 14.4. The maximum atomic E-state index is 12.0. The predicted molar refractivity (Wildman–Crippen MR) is 79.2 cm³/mol. The summed E-state index contributed by atoms with van der Waals surface area (Å²) in [6.07, 6.45) is 1.66. The van der Waals surface area contributed by atoms with Crippen LogP contribution in [0.1, 0.15) is 0 Å². The maximum Gasteiger partial charge on any atom is 0.270 e. The minimum absolute atomic E-state index is 0.532. The van der Waals surface area contributed by atoms with Crippen molar-refractivity contribution in [1.82, 2.24) is 19.6 Å². The van der Waals surface area contributed by atoms with Crippen molar-refractivity contribution in [2.24, 2.45) is 0 Å². The van der Waals surface area contributed by atoms with Gasteiger partial charge in [-0.2, -0.15) is 5.10 Å². The third-order valence-corrected chi connectivity index (χ3v) is 4.08. The number of rotatable bonds is 1. The van der Waals surface area contributed by atoms with Crippen LogP contribution in [-0.2, 0) is 0 Å². The molecule has 1 saturated heterocycles. The molecule has 0 aliphatic carbocycles. The van der Waals surface area contributed by atoms with Gasteiger partial charge in [-0.05, 0) is 24.0 Å². The Kier molecular flexibility index (Phi) is 2.68. The Morgan fingerprint density at radius 2 is 1.95 bits per heavy atom. The van der Waals surface area contributed by atoms with Crippen LogP contribution in [0.4, 0.5) is 5.69 Å². The summed E-state index contributed by atoms with van der Waals surface area (Å²) in [5.74, 6) is 0. The molecule has 0 N–H and O–H groups in total. The third-order valence-electron chi connectivity index (χ3n) is 4.08. The number of piperazine rings is 1. The lowest BCUT2D eigenvalue weighted by atomic mass is 10.2. The zero-order valence-corrected chi connectivity index (χ0v) is 11.8. The summed E-state index contributed by atoms with van der Waals surface area (Å²) in [5.41, 5.74) is 3.01. The Labute approximate surface area is 121 Å². The molecule has 108 valence electrons. The molecule has 2 aromatic heterocycles. The molecular formula is C14H16N6O. The summed E-state index contributed by atoms with van der Waals surface area (Å²) in [7, 11) is 2.14. The number of aromatic nitrogens is 4. The largest absolute Gasteiger partial charge is 0.594 e. The molecule has 4 rings (SSSR count). The number of hydrogen-bond donors (Lipinski definition) is 0. The van der Waals surface area contributed by atoms with Crippen molar-refractivity contribution >= 4 is 22.4 Å². The molecule has 1 fully saturated rings. The summed E-state index contributed by atoms with van der Waals surface area (Å²) in [4.78, 5) is 5.32. The first kappa shape index (κ1) is 12.3. The van der Waals surface area contributed by atoms with E-state index in [-0.39, 0.29) is 0 Å². The van der Waals surface area contributed by atoms with Crippen molar-refractivity contribution in [2.45, 2.75) is 0 Å². The molecule has 0 amide bonds. The number of anilines is 1. The fraction of sp³-hybridized carbons (Fsp3) is 0.357. The topological polar surface area (TPSA) is 63.6 Å². The van der Waals surface area contributed by atoms with Crippen LogP contribution < -0.4 is 9.75 Å². The first-order chi connectivity index (χ1) is 10.2. The van der Waals surface area contributed by atoms with Crippen LogP contribution in [0.5, 0.6) is 0 Å². The molecule has 0 atom stereocenters. The highest BCUT2D eigenvalue weighted by atomic mass is 16.5. The lowest BCUT2D eigenvalue weighted by Gasteiger charge is -2.34. The van der Waals surface area contributed by atoms with Crippen molar-refractivity contribution < 1.29 is 4.85 Å². The lowest BCUT2D eigenvalue weighted by molar-refractivity contribution is -0.640. The van der Waals surface area contributed by atoms with E-state index in [4.69, 9.17) is 0 Å². The molecule has 0 spiro atoms. The fourth-order valence-corrected chi connectivity index (χ4v) is 2.81. The number of nitrogens with zero attached hydrogens (tertiary/aromatic N) is 6. The Hall–Kier alpha value is -2.41. The van der Waals surface area contributed by atoms with Crippen LogP contribution in [0.25, 0.3) is 16.7 Å². The molecule has 3 aromatic rings. The second-order valence-corrected chi connectivity index (χ2v) is 5.44. The smallest absolute Gasteiger partial charge is 0.270 e. The van der Waals surface area contributed by atoms with E-state index in [2.05, 4.69) is 27.0 Å². The van der Waals surface area contributed by atoms with Gasteiger partial charge in [-0.15, -0.1) is 0 Å². The van der Waals surface area contributed by atoms with Gasteiger partial charge in [-0.1, -0.05) is 0 Å². The van der Waals surface area contributed by atoms with Gasteiger partial charge in [0.2, 0.25) is 5.65 Å². The molecular weight excluding hydrogens is 268 g/mol. The van der Waals surface area contributed by atoms with Crippen LogP contribution in [0.2, 0.25) is 0 Å². The lowest BCUT2D eigenvalue weighted by Crippen LogP contribution is -2.44. The maximum absolute atomic E-state index is 12.0. The van der Waals surface area contributed by atoms with E-state index in [0.29, 0.717) is 16.0 Å². The van der Waals surface area contributed by atoms with Crippen LogP contribution >= 0.6 is 0 Å². The van der Waals surface area contributed by atoms with Gasteiger partial charge in [-0.25, -0.2) is 4.52 Å². The molecule has 7 nitrogen and oxygen atoms in total. The van der Waals surface area contributed by atoms with Crippen molar-refractivity contribution in [3.05, 3.63) is 35.7 Å². The molecule has 0 unspecified atom stereocenters. The predicted octanol–water partition coefficient (Wildman–Crippen LogP) is 0.268. The van der Waals surface area contributed by atoms with Crippen LogP contribution in [0.15, 0.2) is 30.5 Å². The molecule has 1 aliphatic rings. The monoisotopic (exact) mass is 284 g/mol. The highest BCUT2D eigenvalue weighted by Crippen LogP contribution is 2.21. The SMILES string of the molecule is CN1CCN(c2ccc3c(c2)n2nccc2n[n+]3[O-])CC1. The van der Waals surface area contributed by atoms with Gasteiger partial charge >= 0.3 is 0 Å². The second-order valence-electron chi connectivity index (χ2n) is 5.44. The Balaban J connectivity index is 1.85. The van der Waals surface area contributed by atoms with E-state index in [0.717, 1.165) is 37.4 Å². The van der Waals surface area contributed by atoms with Gasteiger partial charge in [0.1, 0.15) is 5.52 Å². The van der Waals surface area contributed by atoms with Crippen molar-refractivity contribution in [2.75, 3.05) is 38.1 Å².